The molecule has 7 heteroatoms. The summed E-state index contributed by atoms with van der Waals surface area (Å²) in [6, 6.07) is -0.210. The molecule has 0 aliphatic carbocycles. The van der Waals surface area contributed by atoms with Gasteiger partial charge in [0.2, 0.25) is 5.91 Å². The zero-order valence-electron chi connectivity index (χ0n) is 8.23. The number of carbonyl (C=O) groups excluding carboxylic acids is 1. The Morgan fingerprint density at radius 1 is 1.47 bits per heavy atom. The molecule has 1 rings (SSSR count). The SMILES string of the molecule is CNC1COCC1C(=O)NCC(F)(F)F. The number of halogens is 3. The lowest BCUT2D eigenvalue weighted by molar-refractivity contribution is -0.141. The number of hydrogen-bond acceptors (Lipinski definition) is 3. The molecule has 0 aromatic rings. The van der Waals surface area contributed by atoms with E-state index in [1.165, 1.54) is 0 Å². The largest absolute Gasteiger partial charge is 0.405 e. The maximum atomic E-state index is 11.8. The van der Waals surface area contributed by atoms with Crippen LogP contribution in [0.5, 0.6) is 0 Å². The van der Waals surface area contributed by atoms with Crippen LogP contribution in [0.25, 0.3) is 0 Å². The number of ether oxygens (including phenoxy) is 1. The number of carbonyl (C=O) groups is 1. The Kier molecular flexibility index (Phi) is 3.92. The van der Waals surface area contributed by atoms with Crippen LogP contribution in [0.1, 0.15) is 0 Å². The van der Waals surface area contributed by atoms with E-state index in [1.807, 2.05) is 5.32 Å². The quantitative estimate of drug-likeness (QED) is 0.706. The topological polar surface area (TPSA) is 50.4 Å². The molecule has 0 aromatic heterocycles. The van der Waals surface area contributed by atoms with Crippen molar-refractivity contribution in [3.63, 3.8) is 0 Å². The molecule has 1 heterocycles. The van der Waals surface area contributed by atoms with E-state index in [0.29, 0.717) is 6.61 Å². The molecule has 0 spiro atoms. The van der Waals surface area contributed by atoms with E-state index < -0.39 is 24.5 Å². The van der Waals surface area contributed by atoms with Gasteiger partial charge in [-0.3, -0.25) is 4.79 Å². The summed E-state index contributed by atoms with van der Waals surface area (Å²) in [4.78, 5) is 11.3. The summed E-state index contributed by atoms with van der Waals surface area (Å²) in [5, 5.41) is 4.67. The van der Waals surface area contributed by atoms with Gasteiger partial charge in [0.05, 0.1) is 19.1 Å². The molecule has 1 amide bonds. The minimum Gasteiger partial charge on any atom is -0.379 e. The normalized spacial score (nSPS) is 26.7. The first-order valence-electron chi connectivity index (χ1n) is 4.53. The fourth-order valence-electron chi connectivity index (χ4n) is 1.42. The van der Waals surface area contributed by atoms with E-state index in [4.69, 9.17) is 4.74 Å². The fourth-order valence-corrected chi connectivity index (χ4v) is 1.42. The molecular weight excluding hydrogens is 213 g/mol. The molecule has 88 valence electrons. The van der Waals surface area contributed by atoms with Crippen LogP contribution in [0.3, 0.4) is 0 Å². The smallest absolute Gasteiger partial charge is 0.379 e. The summed E-state index contributed by atoms with van der Waals surface area (Å²) in [6.45, 7) is -0.783. The van der Waals surface area contributed by atoms with Gasteiger partial charge in [-0.05, 0) is 7.05 Å². The third-order valence-corrected chi connectivity index (χ3v) is 2.25. The molecule has 0 bridgehead atoms. The predicted octanol–water partition coefficient (Wildman–Crippen LogP) is -0.101. The molecule has 2 unspecified atom stereocenters. The summed E-state index contributed by atoms with van der Waals surface area (Å²) in [6.07, 6.45) is -4.37. The molecule has 15 heavy (non-hydrogen) atoms. The van der Waals surface area contributed by atoms with Crippen LogP contribution in [0.4, 0.5) is 13.2 Å². The second-order valence-corrected chi connectivity index (χ2v) is 3.37. The van der Waals surface area contributed by atoms with Crippen molar-refractivity contribution in [1.82, 2.24) is 10.6 Å². The predicted molar refractivity (Wildman–Crippen MR) is 46.2 cm³/mol. The van der Waals surface area contributed by atoms with Gasteiger partial charge in [0.25, 0.3) is 0 Å². The highest BCUT2D eigenvalue weighted by Gasteiger charge is 2.35. The molecule has 0 saturated carbocycles. The van der Waals surface area contributed by atoms with Crippen LogP contribution < -0.4 is 10.6 Å². The minimum atomic E-state index is -4.37. The van der Waals surface area contributed by atoms with Crippen LogP contribution in [0.15, 0.2) is 0 Å². The third-order valence-electron chi connectivity index (χ3n) is 2.25. The van der Waals surface area contributed by atoms with Gasteiger partial charge >= 0.3 is 6.18 Å². The van der Waals surface area contributed by atoms with E-state index in [2.05, 4.69) is 5.32 Å². The number of amides is 1. The van der Waals surface area contributed by atoms with Crippen LogP contribution >= 0.6 is 0 Å². The summed E-state index contributed by atoms with van der Waals surface area (Å²) in [5.41, 5.74) is 0. The molecular formula is C8H13F3N2O2. The number of likely N-dealkylation sites (N-methyl/N-ethyl adjacent to an activating group) is 1. The average Bonchev–Trinajstić information content (AvgIpc) is 2.60. The monoisotopic (exact) mass is 226 g/mol. The van der Waals surface area contributed by atoms with Crippen molar-refractivity contribution < 1.29 is 22.7 Å². The van der Waals surface area contributed by atoms with Gasteiger partial charge in [-0.2, -0.15) is 13.2 Å². The average molecular weight is 226 g/mol. The van der Waals surface area contributed by atoms with Gasteiger partial charge in [-0.25, -0.2) is 0 Å². The molecule has 1 fully saturated rings. The van der Waals surface area contributed by atoms with Gasteiger partial charge < -0.3 is 15.4 Å². The lowest BCUT2D eigenvalue weighted by atomic mass is 10.0. The van der Waals surface area contributed by atoms with Crippen LogP contribution in [-0.2, 0) is 9.53 Å². The molecule has 0 aromatic carbocycles. The lowest BCUT2D eigenvalue weighted by Crippen LogP contribution is -2.45. The highest BCUT2D eigenvalue weighted by Crippen LogP contribution is 2.16. The third kappa shape index (κ3) is 3.67. The molecule has 0 radical (unpaired) electrons. The van der Waals surface area contributed by atoms with Crippen molar-refractivity contribution in [2.24, 2.45) is 5.92 Å². The molecule has 4 nitrogen and oxygen atoms in total. The van der Waals surface area contributed by atoms with Gasteiger partial charge in [-0.15, -0.1) is 0 Å². The number of rotatable bonds is 3. The molecule has 1 aliphatic heterocycles. The summed E-state index contributed by atoms with van der Waals surface area (Å²) in [7, 11) is 1.64. The fraction of sp³-hybridized carbons (Fsp3) is 0.875. The van der Waals surface area contributed by atoms with Gasteiger partial charge in [-0.1, -0.05) is 0 Å². The maximum Gasteiger partial charge on any atom is 0.405 e. The Morgan fingerprint density at radius 2 is 2.13 bits per heavy atom. The zero-order chi connectivity index (χ0) is 11.5. The van der Waals surface area contributed by atoms with E-state index in [0.717, 1.165) is 0 Å². The molecule has 1 aliphatic rings. The Bertz CT molecular complexity index is 232. The number of nitrogens with one attached hydrogen (secondary N) is 2. The Labute approximate surface area is 85.2 Å². The first-order valence-corrected chi connectivity index (χ1v) is 4.53. The molecule has 2 atom stereocenters. The first-order chi connectivity index (χ1) is 6.94. The molecule has 2 N–H and O–H groups in total. The zero-order valence-corrected chi connectivity index (χ0v) is 8.23. The highest BCUT2D eigenvalue weighted by atomic mass is 19.4. The van der Waals surface area contributed by atoms with Gasteiger partial charge in [0.1, 0.15) is 6.54 Å². The standard InChI is InChI=1S/C8H13F3N2O2/c1-12-6-3-15-2-5(6)7(14)13-4-8(9,10)11/h5-6,12H,2-4H2,1H3,(H,13,14). The summed E-state index contributed by atoms with van der Waals surface area (Å²) >= 11 is 0. The van der Waals surface area contributed by atoms with Crippen molar-refractivity contribution in [2.45, 2.75) is 12.2 Å². The van der Waals surface area contributed by atoms with Gasteiger partial charge in [0, 0.05) is 6.04 Å². The van der Waals surface area contributed by atoms with Crippen LogP contribution in [0.2, 0.25) is 0 Å². The van der Waals surface area contributed by atoms with E-state index >= 15 is 0 Å². The van der Waals surface area contributed by atoms with Crippen molar-refractivity contribution in [3.05, 3.63) is 0 Å². The second kappa shape index (κ2) is 4.80. The van der Waals surface area contributed by atoms with Gasteiger partial charge in [0.15, 0.2) is 0 Å². The lowest BCUT2D eigenvalue weighted by Gasteiger charge is -2.16. The van der Waals surface area contributed by atoms with E-state index in [-0.39, 0.29) is 12.6 Å². The Morgan fingerprint density at radius 3 is 2.67 bits per heavy atom. The number of alkyl halides is 3. The van der Waals surface area contributed by atoms with Crippen molar-refractivity contribution in [3.8, 4) is 0 Å². The second-order valence-electron chi connectivity index (χ2n) is 3.37. The van der Waals surface area contributed by atoms with E-state index in [9.17, 15) is 18.0 Å². The Hall–Kier alpha value is -0.820. The number of hydrogen-bond donors (Lipinski definition) is 2. The van der Waals surface area contributed by atoms with Crippen molar-refractivity contribution in [1.29, 1.82) is 0 Å². The first kappa shape index (κ1) is 12.3. The van der Waals surface area contributed by atoms with Crippen molar-refractivity contribution >= 4 is 5.91 Å². The minimum absolute atomic E-state index is 0.162. The highest BCUT2D eigenvalue weighted by molar-refractivity contribution is 5.79. The van der Waals surface area contributed by atoms with Crippen LogP contribution in [0, 0.1) is 5.92 Å². The summed E-state index contributed by atoms with van der Waals surface area (Å²) in [5.74, 6) is -1.17. The van der Waals surface area contributed by atoms with Crippen LogP contribution in [-0.4, -0.2) is 44.9 Å². The molecule has 1 saturated heterocycles. The van der Waals surface area contributed by atoms with E-state index in [1.54, 1.807) is 7.05 Å². The van der Waals surface area contributed by atoms with Crippen molar-refractivity contribution in [2.75, 3.05) is 26.8 Å². The maximum absolute atomic E-state index is 11.8. The Balaban J connectivity index is 2.40. The summed E-state index contributed by atoms with van der Waals surface area (Å²) < 4.78 is 40.5.